The zero-order valence-electron chi connectivity index (χ0n) is 14.8. The molecule has 1 saturated carbocycles. The van der Waals surface area contributed by atoms with Crippen molar-refractivity contribution in [1.29, 1.82) is 5.41 Å². The summed E-state index contributed by atoms with van der Waals surface area (Å²) in [6.07, 6.45) is 4.65. The lowest BCUT2D eigenvalue weighted by Gasteiger charge is -2.17. The average molecular weight is 349 g/mol. The van der Waals surface area contributed by atoms with Gasteiger partial charge in [0.1, 0.15) is 5.82 Å². The molecule has 0 bridgehead atoms. The van der Waals surface area contributed by atoms with Crippen molar-refractivity contribution in [2.45, 2.75) is 32.6 Å². The van der Waals surface area contributed by atoms with E-state index >= 15 is 4.39 Å². The lowest BCUT2D eigenvalue weighted by atomic mass is 9.95. The summed E-state index contributed by atoms with van der Waals surface area (Å²) in [5.74, 6) is -0.0185. The second-order valence-electron chi connectivity index (χ2n) is 7.05. The third-order valence-electron chi connectivity index (χ3n) is 5.20. The molecule has 2 aromatic heterocycles. The number of halogens is 1. The van der Waals surface area contributed by atoms with Crippen LogP contribution in [0.5, 0.6) is 0 Å². The molecule has 3 aromatic rings. The highest BCUT2D eigenvalue weighted by molar-refractivity contribution is 5.89. The number of nitrogen functional groups attached to an aromatic ring is 1. The van der Waals surface area contributed by atoms with Crippen molar-refractivity contribution in [3.05, 3.63) is 68.9 Å². The Hall–Kier alpha value is -2.95. The van der Waals surface area contributed by atoms with E-state index in [1.54, 1.807) is 25.1 Å². The minimum absolute atomic E-state index is 0.185. The van der Waals surface area contributed by atoms with E-state index in [2.05, 4.69) is 0 Å². The van der Waals surface area contributed by atoms with Gasteiger partial charge >= 0.3 is 0 Å². The fourth-order valence-corrected chi connectivity index (χ4v) is 3.70. The monoisotopic (exact) mass is 349 g/mol. The highest BCUT2D eigenvalue weighted by atomic mass is 19.1. The summed E-state index contributed by atoms with van der Waals surface area (Å²) in [6, 6.07) is 7.11. The maximum absolute atomic E-state index is 15.0. The van der Waals surface area contributed by atoms with Gasteiger partial charge in [-0.25, -0.2) is 4.39 Å². The number of nitrogens with two attached hydrogens (primary N) is 1. The molecule has 1 aromatic carbocycles. The predicted molar refractivity (Wildman–Crippen MR) is 103 cm³/mol. The van der Waals surface area contributed by atoms with E-state index < -0.39 is 5.82 Å². The average Bonchev–Trinajstić information content (AvgIpc) is 3.44. The Morgan fingerprint density at radius 3 is 2.65 bits per heavy atom. The van der Waals surface area contributed by atoms with E-state index in [0.717, 1.165) is 35.7 Å². The molecule has 1 fully saturated rings. The standard InChI is InChI=1S/C21H20FN3O/c1-11-7-16(13-3-4-13)20-12(2)19(17(22)10-25(20)21(11)26)14-5-6-18(24)15(8-14)9-23/h5-10,13,23H,3-4,24H2,1-2H3. The molecular formula is C21H20FN3O. The number of pyridine rings is 2. The van der Waals surface area contributed by atoms with Crippen LogP contribution in [-0.4, -0.2) is 10.6 Å². The van der Waals surface area contributed by atoms with Gasteiger partial charge in [0.2, 0.25) is 0 Å². The summed E-state index contributed by atoms with van der Waals surface area (Å²) in [6.45, 7) is 3.63. The topological polar surface area (TPSA) is 71.3 Å². The van der Waals surface area contributed by atoms with Gasteiger partial charge in [-0.15, -0.1) is 0 Å². The SMILES string of the molecule is Cc1cc(C2CC2)c2c(C)c(-c3ccc(N)c(C=N)c3)c(F)cn2c1=O. The Morgan fingerprint density at radius 1 is 1.27 bits per heavy atom. The molecule has 2 heterocycles. The second-order valence-corrected chi connectivity index (χ2v) is 7.05. The second kappa shape index (κ2) is 5.80. The largest absolute Gasteiger partial charge is 0.398 e. The first-order valence-corrected chi connectivity index (χ1v) is 8.67. The number of hydrogen-bond donors (Lipinski definition) is 2. The smallest absolute Gasteiger partial charge is 0.258 e. The van der Waals surface area contributed by atoms with Crippen molar-refractivity contribution >= 4 is 17.4 Å². The van der Waals surface area contributed by atoms with Crippen molar-refractivity contribution in [2.24, 2.45) is 0 Å². The normalized spacial score (nSPS) is 14.0. The van der Waals surface area contributed by atoms with Crippen LogP contribution in [0, 0.1) is 25.1 Å². The molecule has 0 unspecified atom stereocenters. The van der Waals surface area contributed by atoms with E-state index in [-0.39, 0.29) is 5.56 Å². The zero-order chi connectivity index (χ0) is 18.6. The molecule has 4 rings (SSSR count). The molecule has 4 nitrogen and oxygen atoms in total. The number of aryl methyl sites for hydroxylation is 2. The third-order valence-corrected chi connectivity index (χ3v) is 5.20. The molecule has 26 heavy (non-hydrogen) atoms. The number of nitrogens with zero attached hydrogens (tertiary/aromatic N) is 1. The molecule has 0 atom stereocenters. The van der Waals surface area contributed by atoms with Crippen LogP contribution in [-0.2, 0) is 0 Å². The molecular weight excluding hydrogens is 329 g/mol. The van der Waals surface area contributed by atoms with Crippen LogP contribution < -0.4 is 11.3 Å². The minimum Gasteiger partial charge on any atom is -0.398 e. The molecule has 132 valence electrons. The first kappa shape index (κ1) is 16.5. The fourth-order valence-electron chi connectivity index (χ4n) is 3.70. The first-order chi connectivity index (χ1) is 12.4. The quantitative estimate of drug-likeness (QED) is 0.550. The van der Waals surface area contributed by atoms with Crippen LogP contribution in [0.3, 0.4) is 0 Å². The highest BCUT2D eigenvalue weighted by Gasteiger charge is 2.28. The summed E-state index contributed by atoms with van der Waals surface area (Å²) in [4.78, 5) is 12.6. The highest BCUT2D eigenvalue weighted by Crippen LogP contribution is 2.43. The lowest BCUT2D eigenvalue weighted by Crippen LogP contribution is -2.19. The van der Waals surface area contributed by atoms with Crippen molar-refractivity contribution in [3.8, 4) is 11.1 Å². The molecule has 0 spiro atoms. The summed E-state index contributed by atoms with van der Waals surface area (Å²) in [5, 5.41) is 7.49. The van der Waals surface area contributed by atoms with Crippen LogP contribution in [0.4, 0.5) is 10.1 Å². The zero-order valence-corrected chi connectivity index (χ0v) is 14.8. The Bertz CT molecular complexity index is 1130. The van der Waals surface area contributed by atoms with Crippen LogP contribution in [0.25, 0.3) is 16.6 Å². The Balaban J connectivity index is 2.09. The van der Waals surface area contributed by atoms with Gasteiger partial charge in [0, 0.05) is 34.8 Å². The molecule has 0 radical (unpaired) electrons. The van der Waals surface area contributed by atoms with Crippen LogP contribution in [0.15, 0.2) is 35.3 Å². The van der Waals surface area contributed by atoms with Gasteiger partial charge in [0.05, 0.1) is 5.52 Å². The van der Waals surface area contributed by atoms with Crippen LogP contribution in [0.2, 0.25) is 0 Å². The Morgan fingerprint density at radius 2 is 2.00 bits per heavy atom. The number of nitrogens with one attached hydrogen (secondary N) is 1. The minimum atomic E-state index is -0.454. The predicted octanol–water partition coefficient (Wildman–Crippen LogP) is 4.18. The molecule has 1 aliphatic rings. The maximum Gasteiger partial charge on any atom is 0.258 e. The summed E-state index contributed by atoms with van der Waals surface area (Å²) >= 11 is 0. The molecule has 0 saturated heterocycles. The number of benzene rings is 1. The van der Waals surface area contributed by atoms with Crippen molar-refractivity contribution in [1.82, 2.24) is 4.40 Å². The van der Waals surface area contributed by atoms with Gasteiger partial charge in [0.25, 0.3) is 5.56 Å². The summed E-state index contributed by atoms with van der Waals surface area (Å²) in [5.41, 5.74) is 11.1. The molecule has 3 N–H and O–H groups in total. The number of anilines is 1. The molecule has 0 aliphatic heterocycles. The lowest BCUT2D eigenvalue weighted by molar-refractivity contribution is 0.620. The number of aromatic nitrogens is 1. The van der Waals surface area contributed by atoms with Gasteiger partial charge in [-0.05, 0) is 67.5 Å². The van der Waals surface area contributed by atoms with Gasteiger partial charge in [-0.2, -0.15) is 0 Å². The van der Waals surface area contributed by atoms with Gasteiger partial charge in [-0.1, -0.05) is 6.07 Å². The number of fused-ring (bicyclic) bond motifs is 1. The number of rotatable bonds is 3. The molecule has 5 heteroatoms. The van der Waals surface area contributed by atoms with E-state index in [1.807, 2.05) is 13.0 Å². The summed E-state index contributed by atoms with van der Waals surface area (Å²) in [7, 11) is 0. The van der Waals surface area contributed by atoms with Gasteiger partial charge in [-0.3, -0.25) is 9.20 Å². The maximum atomic E-state index is 15.0. The van der Waals surface area contributed by atoms with E-state index in [9.17, 15) is 4.79 Å². The molecule has 1 aliphatic carbocycles. The van der Waals surface area contributed by atoms with Gasteiger partial charge in [0.15, 0.2) is 0 Å². The summed E-state index contributed by atoms with van der Waals surface area (Å²) < 4.78 is 16.5. The number of hydrogen-bond acceptors (Lipinski definition) is 3. The van der Waals surface area contributed by atoms with Gasteiger partial charge < -0.3 is 11.1 Å². The van der Waals surface area contributed by atoms with Crippen molar-refractivity contribution in [3.63, 3.8) is 0 Å². The molecule has 0 amide bonds. The third kappa shape index (κ3) is 2.43. The van der Waals surface area contributed by atoms with Crippen LogP contribution >= 0.6 is 0 Å². The van der Waals surface area contributed by atoms with E-state index in [0.29, 0.717) is 33.9 Å². The van der Waals surface area contributed by atoms with Crippen molar-refractivity contribution < 1.29 is 4.39 Å². The fraction of sp³-hybridized carbons (Fsp3) is 0.238. The van der Waals surface area contributed by atoms with Crippen molar-refractivity contribution in [2.75, 3.05) is 5.73 Å². The van der Waals surface area contributed by atoms with E-state index in [1.165, 1.54) is 10.6 Å². The Labute approximate surface area is 150 Å². The van der Waals surface area contributed by atoms with Crippen LogP contribution in [0.1, 0.15) is 41.0 Å². The van der Waals surface area contributed by atoms with E-state index in [4.69, 9.17) is 11.1 Å². The Kier molecular flexibility index (Phi) is 3.68. The first-order valence-electron chi connectivity index (χ1n) is 8.67.